The smallest absolute Gasteiger partial charge is 0.229 e. The number of anilines is 4. The summed E-state index contributed by atoms with van der Waals surface area (Å²) in [6.45, 7) is 4.34. The lowest BCUT2D eigenvalue weighted by molar-refractivity contribution is 0.313. The maximum Gasteiger partial charge on any atom is 0.229 e. The van der Waals surface area contributed by atoms with Crippen LogP contribution in [0.1, 0.15) is 5.56 Å². The van der Waals surface area contributed by atoms with Crippen LogP contribution in [-0.2, 0) is 16.4 Å². The van der Waals surface area contributed by atoms with Gasteiger partial charge in [0.1, 0.15) is 0 Å². The SMILES string of the molecule is CN1CCN(c2ccc(Nc3ncc(N=O)c(NCc4cccc(S(C)(=O)=O)c4)n3)cc2)CC1. The number of likely N-dealkylation sites (N-methyl/N-ethyl adjacent to an activating group) is 1. The summed E-state index contributed by atoms with van der Waals surface area (Å²) in [5.41, 5.74) is 2.78. The van der Waals surface area contributed by atoms with Gasteiger partial charge in [-0.05, 0) is 54.2 Å². The fraction of sp³-hybridized carbons (Fsp3) is 0.304. The highest BCUT2D eigenvalue weighted by atomic mass is 32.2. The number of hydrogen-bond donors (Lipinski definition) is 2. The summed E-state index contributed by atoms with van der Waals surface area (Å²) in [6.07, 6.45) is 2.50. The number of nitrogens with one attached hydrogen (secondary N) is 2. The Kier molecular flexibility index (Phi) is 7.03. The highest BCUT2D eigenvalue weighted by molar-refractivity contribution is 7.90. The summed E-state index contributed by atoms with van der Waals surface area (Å²) >= 11 is 0. The van der Waals surface area contributed by atoms with Crippen LogP contribution in [0.5, 0.6) is 0 Å². The minimum absolute atomic E-state index is 0.0650. The first kappa shape index (κ1) is 23.6. The molecule has 0 radical (unpaired) electrons. The van der Waals surface area contributed by atoms with Crippen LogP contribution in [-0.4, -0.2) is 62.8 Å². The molecule has 1 fully saturated rings. The Balaban J connectivity index is 1.44. The van der Waals surface area contributed by atoms with Crippen molar-refractivity contribution < 1.29 is 8.42 Å². The van der Waals surface area contributed by atoms with Gasteiger partial charge in [0.2, 0.25) is 5.95 Å². The first-order chi connectivity index (χ1) is 16.3. The normalized spacial score (nSPS) is 14.6. The third-order valence-electron chi connectivity index (χ3n) is 5.65. The molecule has 2 aromatic carbocycles. The quantitative estimate of drug-likeness (QED) is 0.467. The van der Waals surface area contributed by atoms with Crippen molar-refractivity contribution in [3.63, 3.8) is 0 Å². The van der Waals surface area contributed by atoms with E-state index in [1.807, 2.05) is 12.1 Å². The molecule has 4 rings (SSSR count). The van der Waals surface area contributed by atoms with Crippen LogP contribution in [0.2, 0.25) is 0 Å². The fourth-order valence-electron chi connectivity index (χ4n) is 3.65. The molecule has 0 unspecified atom stereocenters. The van der Waals surface area contributed by atoms with E-state index < -0.39 is 9.84 Å². The molecule has 1 saturated heterocycles. The maximum atomic E-state index is 11.8. The maximum absolute atomic E-state index is 11.8. The Hall–Kier alpha value is -3.57. The van der Waals surface area contributed by atoms with Crippen LogP contribution < -0.4 is 15.5 Å². The number of rotatable bonds is 8. The van der Waals surface area contributed by atoms with Crippen LogP contribution in [0, 0.1) is 4.91 Å². The Morgan fingerprint density at radius 2 is 1.79 bits per heavy atom. The van der Waals surface area contributed by atoms with E-state index in [0.29, 0.717) is 5.95 Å². The zero-order chi connectivity index (χ0) is 24.1. The van der Waals surface area contributed by atoms with Crippen molar-refractivity contribution in [3.8, 4) is 0 Å². The lowest BCUT2D eigenvalue weighted by Crippen LogP contribution is -2.44. The second-order valence-electron chi connectivity index (χ2n) is 8.25. The van der Waals surface area contributed by atoms with Crippen LogP contribution in [0.25, 0.3) is 0 Å². The first-order valence-corrected chi connectivity index (χ1v) is 12.7. The second-order valence-corrected chi connectivity index (χ2v) is 10.3. The third kappa shape index (κ3) is 5.86. The predicted molar refractivity (Wildman–Crippen MR) is 134 cm³/mol. The third-order valence-corrected chi connectivity index (χ3v) is 6.76. The molecule has 34 heavy (non-hydrogen) atoms. The largest absolute Gasteiger partial charge is 0.369 e. The van der Waals surface area contributed by atoms with Gasteiger partial charge in [0.25, 0.3) is 0 Å². The van der Waals surface area contributed by atoms with Crippen molar-refractivity contribution in [2.24, 2.45) is 5.18 Å². The number of sulfone groups is 1. The molecule has 2 heterocycles. The van der Waals surface area contributed by atoms with Crippen molar-refractivity contribution in [2.75, 3.05) is 55.0 Å². The molecule has 0 amide bonds. The molecule has 1 aliphatic heterocycles. The van der Waals surface area contributed by atoms with Crippen molar-refractivity contribution in [2.45, 2.75) is 11.4 Å². The first-order valence-electron chi connectivity index (χ1n) is 10.9. The molecule has 0 atom stereocenters. The molecule has 11 heteroatoms. The van der Waals surface area contributed by atoms with E-state index in [1.54, 1.807) is 24.3 Å². The van der Waals surface area contributed by atoms with Gasteiger partial charge in [-0.3, -0.25) is 0 Å². The number of benzene rings is 2. The molecule has 0 aliphatic carbocycles. The van der Waals surface area contributed by atoms with Gasteiger partial charge in [0.05, 0.1) is 11.1 Å². The minimum atomic E-state index is -3.31. The summed E-state index contributed by atoms with van der Waals surface area (Å²) in [4.78, 5) is 24.7. The van der Waals surface area contributed by atoms with Crippen LogP contribution >= 0.6 is 0 Å². The molecule has 0 saturated carbocycles. The van der Waals surface area contributed by atoms with Gasteiger partial charge in [-0.25, -0.2) is 13.4 Å². The summed E-state index contributed by atoms with van der Waals surface area (Å²) < 4.78 is 23.6. The minimum Gasteiger partial charge on any atom is -0.369 e. The average molecular weight is 482 g/mol. The van der Waals surface area contributed by atoms with Crippen molar-refractivity contribution >= 4 is 38.7 Å². The number of hydrogen-bond acceptors (Lipinski definition) is 10. The van der Waals surface area contributed by atoms with Crippen LogP contribution in [0.15, 0.2) is 64.8 Å². The zero-order valence-electron chi connectivity index (χ0n) is 19.1. The van der Waals surface area contributed by atoms with Crippen molar-refractivity contribution in [1.29, 1.82) is 0 Å². The van der Waals surface area contributed by atoms with Gasteiger partial charge in [0.15, 0.2) is 21.3 Å². The fourth-order valence-corrected chi connectivity index (χ4v) is 4.35. The average Bonchev–Trinajstić information content (AvgIpc) is 2.83. The highest BCUT2D eigenvalue weighted by Crippen LogP contribution is 2.26. The number of nitrogens with zero attached hydrogens (tertiary/aromatic N) is 5. The molecule has 0 spiro atoms. The van der Waals surface area contributed by atoms with Crippen molar-refractivity contribution in [3.05, 3.63) is 65.2 Å². The van der Waals surface area contributed by atoms with E-state index >= 15 is 0 Å². The summed E-state index contributed by atoms with van der Waals surface area (Å²) in [5, 5.41) is 9.19. The number of aromatic nitrogens is 2. The summed E-state index contributed by atoms with van der Waals surface area (Å²) in [7, 11) is -1.18. The molecule has 1 aromatic heterocycles. The second kappa shape index (κ2) is 10.1. The van der Waals surface area contributed by atoms with Crippen molar-refractivity contribution in [1.82, 2.24) is 14.9 Å². The Bertz CT molecular complexity index is 1260. The van der Waals surface area contributed by atoms with Gasteiger partial charge in [0, 0.05) is 50.4 Å². The molecule has 0 bridgehead atoms. The van der Waals surface area contributed by atoms with Gasteiger partial charge >= 0.3 is 0 Å². The monoisotopic (exact) mass is 481 g/mol. The molecule has 10 nitrogen and oxygen atoms in total. The molecule has 1 aliphatic rings. The van der Waals surface area contributed by atoms with Gasteiger partial charge < -0.3 is 20.4 Å². The molecular formula is C23H27N7O3S. The van der Waals surface area contributed by atoms with Gasteiger partial charge in [-0.2, -0.15) is 4.98 Å². The van der Waals surface area contributed by atoms with Crippen LogP contribution in [0.4, 0.5) is 28.8 Å². The summed E-state index contributed by atoms with van der Waals surface area (Å²) in [6, 6.07) is 14.6. The topological polar surface area (TPSA) is 120 Å². The van der Waals surface area contributed by atoms with E-state index in [4.69, 9.17) is 0 Å². The van der Waals surface area contributed by atoms with Gasteiger partial charge in [-0.15, -0.1) is 4.91 Å². The number of nitroso groups, excluding NO2 is 1. The van der Waals surface area contributed by atoms with E-state index in [2.05, 4.69) is 54.8 Å². The van der Waals surface area contributed by atoms with E-state index in [-0.39, 0.29) is 22.9 Å². The van der Waals surface area contributed by atoms with E-state index in [9.17, 15) is 13.3 Å². The predicted octanol–water partition coefficient (Wildman–Crippen LogP) is 3.39. The summed E-state index contributed by atoms with van der Waals surface area (Å²) in [5.74, 6) is 0.568. The number of piperazine rings is 1. The zero-order valence-corrected chi connectivity index (χ0v) is 19.9. The molecule has 2 N–H and O–H groups in total. The lowest BCUT2D eigenvalue weighted by Gasteiger charge is -2.34. The lowest BCUT2D eigenvalue weighted by atomic mass is 10.2. The Morgan fingerprint density at radius 1 is 1.06 bits per heavy atom. The molecule has 178 valence electrons. The molecular weight excluding hydrogens is 454 g/mol. The highest BCUT2D eigenvalue weighted by Gasteiger charge is 2.14. The Labute approximate surface area is 198 Å². The standard InChI is InChI=1S/C23H27N7O3S/c1-29-10-12-30(13-11-29)19-8-6-18(7-9-19)26-23-25-16-21(28-31)22(27-23)24-15-17-4-3-5-20(14-17)34(2,32)33/h3-9,14,16H,10-13,15H2,1-2H3,(H2,24,25,26,27). The molecule has 3 aromatic rings. The van der Waals surface area contributed by atoms with E-state index in [1.165, 1.54) is 11.9 Å². The van der Waals surface area contributed by atoms with Crippen LogP contribution in [0.3, 0.4) is 0 Å². The van der Waals surface area contributed by atoms with E-state index in [0.717, 1.165) is 43.7 Å². The Morgan fingerprint density at radius 3 is 2.47 bits per heavy atom. The van der Waals surface area contributed by atoms with Gasteiger partial charge in [-0.1, -0.05) is 12.1 Å².